The molecule has 1 heteroatoms. The van der Waals surface area contributed by atoms with Crippen molar-refractivity contribution in [2.75, 3.05) is 0 Å². The average molecular weight is 210 g/mol. The topological polar surface area (TPSA) is 20.2 Å². The number of aliphatic hydroxyl groups is 1. The van der Waals surface area contributed by atoms with Crippen LogP contribution < -0.4 is 0 Å². The lowest BCUT2D eigenvalue weighted by molar-refractivity contribution is 0.131. The Morgan fingerprint density at radius 2 is 1.80 bits per heavy atom. The third-order valence-electron chi connectivity index (χ3n) is 3.70. The van der Waals surface area contributed by atoms with Crippen LogP contribution in [0.15, 0.2) is 11.6 Å². The quantitative estimate of drug-likeness (QED) is 0.694. The third kappa shape index (κ3) is 3.98. The first-order chi connectivity index (χ1) is 7.29. The van der Waals surface area contributed by atoms with Crippen LogP contribution >= 0.6 is 0 Å². The number of hydrogen-bond donors (Lipinski definition) is 1. The second-order valence-electron chi connectivity index (χ2n) is 4.75. The van der Waals surface area contributed by atoms with Crippen LogP contribution in [0.25, 0.3) is 0 Å². The summed E-state index contributed by atoms with van der Waals surface area (Å²) in [6, 6.07) is 0. The van der Waals surface area contributed by atoms with Gasteiger partial charge in [-0.05, 0) is 37.2 Å². The number of aliphatic hydroxyl groups excluding tert-OH is 1. The van der Waals surface area contributed by atoms with Gasteiger partial charge in [0, 0.05) is 0 Å². The van der Waals surface area contributed by atoms with E-state index >= 15 is 0 Å². The lowest BCUT2D eigenvalue weighted by atomic mass is 9.87. The second-order valence-corrected chi connectivity index (χ2v) is 4.75. The first kappa shape index (κ1) is 12.8. The van der Waals surface area contributed by atoms with Crippen LogP contribution in [-0.2, 0) is 0 Å². The van der Waals surface area contributed by atoms with E-state index in [0.29, 0.717) is 5.92 Å². The van der Waals surface area contributed by atoms with Gasteiger partial charge >= 0.3 is 0 Å². The summed E-state index contributed by atoms with van der Waals surface area (Å²) in [6.07, 6.45) is 11.9. The molecule has 0 saturated heterocycles. The Hall–Kier alpha value is -0.300. The Morgan fingerprint density at radius 1 is 1.13 bits per heavy atom. The Balaban J connectivity index is 2.57. The molecule has 0 fully saturated rings. The molecular formula is C14H26O. The molecule has 0 heterocycles. The molecule has 0 aromatic rings. The van der Waals surface area contributed by atoms with Crippen LogP contribution in [-0.4, -0.2) is 11.2 Å². The van der Waals surface area contributed by atoms with Gasteiger partial charge < -0.3 is 5.11 Å². The minimum atomic E-state index is -0.168. The molecule has 0 spiro atoms. The van der Waals surface area contributed by atoms with E-state index < -0.39 is 0 Å². The van der Waals surface area contributed by atoms with Crippen LogP contribution in [0.3, 0.4) is 0 Å². The largest absolute Gasteiger partial charge is 0.388 e. The van der Waals surface area contributed by atoms with Crippen molar-refractivity contribution >= 4 is 0 Å². The maximum Gasteiger partial charge on any atom is 0.0778 e. The van der Waals surface area contributed by atoms with Gasteiger partial charge in [-0.2, -0.15) is 0 Å². The van der Waals surface area contributed by atoms with Gasteiger partial charge in [-0.3, -0.25) is 0 Å². The molecule has 1 aliphatic carbocycles. The zero-order chi connectivity index (χ0) is 11.1. The van der Waals surface area contributed by atoms with Crippen molar-refractivity contribution in [1.82, 2.24) is 0 Å². The van der Waals surface area contributed by atoms with Crippen molar-refractivity contribution in [2.24, 2.45) is 5.92 Å². The van der Waals surface area contributed by atoms with Gasteiger partial charge in [0.25, 0.3) is 0 Å². The van der Waals surface area contributed by atoms with Gasteiger partial charge in [-0.15, -0.1) is 0 Å². The summed E-state index contributed by atoms with van der Waals surface area (Å²) in [5.41, 5.74) is 1.32. The molecule has 0 radical (unpaired) electrons. The van der Waals surface area contributed by atoms with Crippen LogP contribution in [0.2, 0.25) is 0 Å². The molecule has 1 unspecified atom stereocenters. The molecule has 0 aromatic heterocycles. The predicted octanol–water partition coefficient (Wildman–Crippen LogP) is 4.06. The number of hydrogen-bond acceptors (Lipinski definition) is 1. The highest BCUT2D eigenvalue weighted by Gasteiger charge is 2.19. The van der Waals surface area contributed by atoms with Crippen LogP contribution in [0, 0.1) is 5.92 Å². The van der Waals surface area contributed by atoms with Crippen molar-refractivity contribution in [3.63, 3.8) is 0 Å². The summed E-state index contributed by atoms with van der Waals surface area (Å²) in [6.45, 7) is 4.36. The van der Waals surface area contributed by atoms with Gasteiger partial charge in [0.2, 0.25) is 0 Å². The fourth-order valence-electron chi connectivity index (χ4n) is 2.52. The Bertz CT molecular complexity index is 192. The monoisotopic (exact) mass is 210 g/mol. The first-order valence-corrected chi connectivity index (χ1v) is 6.66. The zero-order valence-electron chi connectivity index (χ0n) is 10.3. The lowest BCUT2D eigenvalue weighted by Crippen LogP contribution is -2.22. The minimum Gasteiger partial charge on any atom is -0.388 e. The molecule has 0 saturated carbocycles. The van der Waals surface area contributed by atoms with Crippen molar-refractivity contribution in [3.05, 3.63) is 11.6 Å². The van der Waals surface area contributed by atoms with E-state index in [0.717, 1.165) is 19.3 Å². The molecule has 0 amide bonds. The third-order valence-corrected chi connectivity index (χ3v) is 3.70. The Labute approximate surface area is 94.6 Å². The molecule has 1 nitrogen and oxygen atoms in total. The summed E-state index contributed by atoms with van der Waals surface area (Å²) >= 11 is 0. The first-order valence-electron chi connectivity index (χ1n) is 6.66. The van der Waals surface area contributed by atoms with Gasteiger partial charge in [0.15, 0.2) is 0 Å². The number of allylic oxidation sites excluding steroid dienone is 1. The van der Waals surface area contributed by atoms with Gasteiger partial charge in [-0.1, -0.05) is 45.6 Å². The molecule has 1 aliphatic rings. The second kappa shape index (κ2) is 7.05. The molecule has 1 rings (SSSR count). The van der Waals surface area contributed by atoms with E-state index in [4.69, 9.17) is 0 Å². The highest BCUT2D eigenvalue weighted by atomic mass is 16.3. The smallest absolute Gasteiger partial charge is 0.0778 e. The standard InChI is InChI=1S/C14H26O/c1-3-12(4-2)14(15)13-10-8-6-5-7-9-11-13/h10,12,14-15H,3-9,11H2,1-2H3. The van der Waals surface area contributed by atoms with Gasteiger partial charge in [0.1, 0.15) is 0 Å². The van der Waals surface area contributed by atoms with Crippen LogP contribution in [0.1, 0.15) is 65.2 Å². The highest BCUT2D eigenvalue weighted by molar-refractivity contribution is 5.10. The van der Waals surface area contributed by atoms with E-state index in [9.17, 15) is 5.11 Å². The summed E-state index contributed by atoms with van der Waals surface area (Å²) < 4.78 is 0. The lowest BCUT2D eigenvalue weighted by Gasteiger charge is -2.24. The maximum absolute atomic E-state index is 10.3. The molecule has 88 valence electrons. The molecule has 0 bridgehead atoms. The molecule has 1 N–H and O–H groups in total. The average Bonchev–Trinajstić information content (AvgIpc) is 2.18. The van der Waals surface area contributed by atoms with Crippen LogP contribution in [0.5, 0.6) is 0 Å². The van der Waals surface area contributed by atoms with E-state index in [-0.39, 0.29) is 6.10 Å². The SMILES string of the molecule is CCC(CC)C(O)C1=CCCCCCC1. The van der Waals surface area contributed by atoms with Crippen molar-refractivity contribution < 1.29 is 5.11 Å². The van der Waals surface area contributed by atoms with E-state index in [1.54, 1.807) is 0 Å². The van der Waals surface area contributed by atoms with Crippen molar-refractivity contribution in [2.45, 2.75) is 71.3 Å². The van der Waals surface area contributed by atoms with Crippen molar-refractivity contribution in [3.8, 4) is 0 Å². The van der Waals surface area contributed by atoms with E-state index in [1.807, 2.05) is 0 Å². The summed E-state index contributed by atoms with van der Waals surface area (Å²) in [7, 11) is 0. The Kier molecular flexibility index (Phi) is 6.00. The van der Waals surface area contributed by atoms with E-state index in [2.05, 4.69) is 19.9 Å². The van der Waals surface area contributed by atoms with Gasteiger partial charge in [0.05, 0.1) is 6.10 Å². The van der Waals surface area contributed by atoms with E-state index in [1.165, 1.54) is 37.7 Å². The number of rotatable bonds is 4. The minimum absolute atomic E-state index is 0.168. The summed E-state index contributed by atoms with van der Waals surface area (Å²) in [5, 5.41) is 10.3. The fraction of sp³-hybridized carbons (Fsp3) is 0.857. The fourth-order valence-corrected chi connectivity index (χ4v) is 2.52. The maximum atomic E-state index is 10.3. The van der Waals surface area contributed by atoms with Crippen molar-refractivity contribution in [1.29, 1.82) is 0 Å². The molecular weight excluding hydrogens is 184 g/mol. The zero-order valence-corrected chi connectivity index (χ0v) is 10.3. The summed E-state index contributed by atoms with van der Waals surface area (Å²) in [4.78, 5) is 0. The Morgan fingerprint density at radius 3 is 2.47 bits per heavy atom. The molecule has 0 aliphatic heterocycles. The molecule has 1 atom stereocenters. The highest BCUT2D eigenvalue weighted by Crippen LogP contribution is 2.26. The molecule has 0 aromatic carbocycles. The predicted molar refractivity (Wildman–Crippen MR) is 65.9 cm³/mol. The normalized spacial score (nSPS) is 20.7. The molecule has 15 heavy (non-hydrogen) atoms. The summed E-state index contributed by atoms with van der Waals surface area (Å²) in [5.74, 6) is 0.468. The van der Waals surface area contributed by atoms with Gasteiger partial charge in [-0.25, -0.2) is 0 Å². The van der Waals surface area contributed by atoms with Crippen LogP contribution in [0.4, 0.5) is 0 Å².